The van der Waals surface area contributed by atoms with Gasteiger partial charge < -0.3 is 15.6 Å². The van der Waals surface area contributed by atoms with Crippen LogP contribution in [0.1, 0.15) is 49.8 Å². The van der Waals surface area contributed by atoms with Gasteiger partial charge in [0.2, 0.25) is 0 Å². The van der Waals surface area contributed by atoms with Crippen LogP contribution in [0.15, 0.2) is 16.6 Å². The van der Waals surface area contributed by atoms with E-state index in [-0.39, 0.29) is 12.5 Å². The van der Waals surface area contributed by atoms with Gasteiger partial charge in [-0.1, -0.05) is 29.8 Å². The van der Waals surface area contributed by atoms with Crippen LogP contribution in [0.5, 0.6) is 5.75 Å². The first-order valence-electron chi connectivity index (χ1n) is 6.21. The van der Waals surface area contributed by atoms with E-state index in [9.17, 15) is 4.79 Å². The molecule has 0 aliphatic rings. The first kappa shape index (κ1) is 16.0. The largest absolute Gasteiger partial charge is 0.496 e. The van der Waals surface area contributed by atoms with Crippen molar-refractivity contribution in [2.75, 3.05) is 7.11 Å². The highest BCUT2D eigenvalue weighted by Crippen LogP contribution is 2.37. The maximum absolute atomic E-state index is 10.6. The summed E-state index contributed by atoms with van der Waals surface area (Å²) >= 11 is 3.47. The molecule has 1 rings (SSSR count). The summed E-state index contributed by atoms with van der Waals surface area (Å²) in [5.41, 5.74) is 8.01. The molecule has 0 fully saturated rings. The second-order valence-electron chi connectivity index (χ2n) is 4.81. The Morgan fingerprint density at radius 1 is 1.42 bits per heavy atom. The van der Waals surface area contributed by atoms with Crippen LogP contribution in [0.3, 0.4) is 0 Å². The highest BCUT2D eigenvalue weighted by atomic mass is 79.9. The van der Waals surface area contributed by atoms with Crippen molar-refractivity contribution >= 4 is 21.9 Å². The lowest BCUT2D eigenvalue weighted by atomic mass is 9.94. The predicted molar refractivity (Wildman–Crippen MR) is 78.6 cm³/mol. The van der Waals surface area contributed by atoms with E-state index in [1.807, 2.05) is 12.1 Å². The fourth-order valence-corrected chi connectivity index (χ4v) is 2.50. The molecule has 0 bridgehead atoms. The molecule has 106 valence electrons. The molecule has 0 aliphatic heterocycles. The van der Waals surface area contributed by atoms with Crippen LogP contribution < -0.4 is 10.5 Å². The summed E-state index contributed by atoms with van der Waals surface area (Å²) < 4.78 is 6.40. The Morgan fingerprint density at radius 3 is 2.47 bits per heavy atom. The molecule has 19 heavy (non-hydrogen) atoms. The standard InChI is InChI=1S/C14H20BrNO3/c1-8(2)10-6-9(15)7-11(14(10)19-3)12(16)4-5-13(17)18/h6-8,12H,4-5,16H2,1-3H3,(H,17,18). The van der Waals surface area contributed by atoms with E-state index in [0.717, 1.165) is 21.3 Å². The van der Waals surface area contributed by atoms with Gasteiger partial charge in [-0.3, -0.25) is 4.79 Å². The van der Waals surface area contributed by atoms with Crippen molar-refractivity contribution < 1.29 is 14.6 Å². The van der Waals surface area contributed by atoms with Crippen LogP contribution in [0.4, 0.5) is 0 Å². The molecule has 0 saturated heterocycles. The highest BCUT2D eigenvalue weighted by molar-refractivity contribution is 9.10. The number of halogens is 1. The summed E-state index contributed by atoms with van der Waals surface area (Å²) in [7, 11) is 1.61. The number of methoxy groups -OCH3 is 1. The van der Waals surface area contributed by atoms with E-state index < -0.39 is 5.97 Å². The average Bonchev–Trinajstić information content (AvgIpc) is 2.34. The topological polar surface area (TPSA) is 72.5 Å². The zero-order chi connectivity index (χ0) is 14.6. The normalized spacial score (nSPS) is 12.5. The summed E-state index contributed by atoms with van der Waals surface area (Å²) in [4.78, 5) is 10.6. The second kappa shape index (κ2) is 6.91. The van der Waals surface area contributed by atoms with E-state index in [1.54, 1.807) is 7.11 Å². The van der Waals surface area contributed by atoms with Gasteiger partial charge in [0.15, 0.2) is 0 Å². The molecule has 0 heterocycles. The van der Waals surface area contributed by atoms with Crippen molar-refractivity contribution in [1.82, 2.24) is 0 Å². The Balaban J connectivity index is 3.14. The number of carboxylic acids is 1. The van der Waals surface area contributed by atoms with Crippen molar-refractivity contribution in [2.24, 2.45) is 5.73 Å². The van der Waals surface area contributed by atoms with Crippen LogP contribution in [-0.4, -0.2) is 18.2 Å². The van der Waals surface area contributed by atoms with E-state index in [4.69, 9.17) is 15.6 Å². The molecular formula is C14H20BrNO3. The van der Waals surface area contributed by atoms with Crippen molar-refractivity contribution in [3.8, 4) is 5.75 Å². The molecule has 1 unspecified atom stereocenters. The molecule has 1 aromatic carbocycles. The first-order valence-corrected chi connectivity index (χ1v) is 7.00. The molecule has 0 aliphatic carbocycles. The van der Waals surface area contributed by atoms with Gasteiger partial charge in [0.05, 0.1) is 7.11 Å². The van der Waals surface area contributed by atoms with Crippen molar-refractivity contribution in [3.05, 3.63) is 27.7 Å². The number of ether oxygens (including phenoxy) is 1. The van der Waals surface area contributed by atoms with Crippen molar-refractivity contribution in [1.29, 1.82) is 0 Å². The smallest absolute Gasteiger partial charge is 0.303 e. The van der Waals surface area contributed by atoms with Crippen molar-refractivity contribution in [2.45, 2.75) is 38.6 Å². The minimum Gasteiger partial charge on any atom is -0.496 e. The van der Waals surface area contributed by atoms with Crippen molar-refractivity contribution in [3.63, 3.8) is 0 Å². The molecule has 0 saturated carbocycles. The Hall–Kier alpha value is -1.07. The van der Waals surface area contributed by atoms with E-state index in [2.05, 4.69) is 29.8 Å². The Labute approximate surface area is 122 Å². The highest BCUT2D eigenvalue weighted by Gasteiger charge is 2.19. The maximum atomic E-state index is 10.6. The summed E-state index contributed by atoms with van der Waals surface area (Å²) in [6, 6.07) is 3.56. The molecular weight excluding hydrogens is 310 g/mol. The zero-order valence-corrected chi connectivity index (χ0v) is 13.0. The molecule has 1 aromatic rings. The fraction of sp³-hybridized carbons (Fsp3) is 0.500. The summed E-state index contributed by atoms with van der Waals surface area (Å²) in [6.45, 7) is 4.16. The third-order valence-electron chi connectivity index (χ3n) is 3.01. The molecule has 1 atom stereocenters. The Kier molecular flexibility index (Phi) is 5.82. The Bertz CT molecular complexity index is 460. The molecule has 5 heteroatoms. The third kappa shape index (κ3) is 4.21. The lowest BCUT2D eigenvalue weighted by molar-refractivity contribution is -0.137. The second-order valence-corrected chi connectivity index (χ2v) is 5.73. The fourth-order valence-electron chi connectivity index (χ4n) is 2.01. The van der Waals surface area contributed by atoms with E-state index in [0.29, 0.717) is 12.3 Å². The zero-order valence-electron chi connectivity index (χ0n) is 11.4. The molecule has 0 amide bonds. The van der Waals surface area contributed by atoms with Crippen LogP contribution in [-0.2, 0) is 4.79 Å². The average molecular weight is 330 g/mol. The number of aliphatic carboxylic acids is 1. The van der Waals surface area contributed by atoms with E-state index in [1.165, 1.54) is 0 Å². The molecule has 4 nitrogen and oxygen atoms in total. The summed E-state index contributed by atoms with van der Waals surface area (Å²) in [5.74, 6) is 0.224. The van der Waals surface area contributed by atoms with Gasteiger partial charge in [-0.25, -0.2) is 0 Å². The van der Waals surface area contributed by atoms with Crippen LogP contribution >= 0.6 is 15.9 Å². The monoisotopic (exact) mass is 329 g/mol. The summed E-state index contributed by atoms with van der Waals surface area (Å²) in [6.07, 6.45) is 0.438. The van der Waals surface area contributed by atoms with Crippen LogP contribution in [0, 0.1) is 0 Å². The first-order chi connectivity index (χ1) is 8.86. The van der Waals surface area contributed by atoms with Gasteiger partial charge in [-0.15, -0.1) is 0 Å². The Morgan fingerprint density at radius 2 is 2.00 bits per heavy atom. The number of hydrogen-bond donors (Lipinski definition) is 2. The predicted octanol–water partition coefficient (Wildman–Crippen LogP) is 3.45. The van der Waals surface area contributed by atoms with Gasteiger partial charge in [-0.2, -0.15) is 0 Å². The number of benzene rings is 1. The lowest BCUT2D eigenvalue weighted by Crippen LogP contribution is -2.14. The number of hydrogen-bond acceptors (Lipinski definition) is 3. The molecule has 0 aromatic heterocycles. The van der Waals surface area contributed by atoms with E-state index >= 15 is 0 Å². The maximum Gasteiger partial charge on any atom is 0.303 e. The number of carbonyl (C=O) groups is 1. The quantitative estimate of drug-likeness (QED) is 0.838. The minimum atomic E-state index is -0.839. The number of carboxylic acid groups (broad SMARTS) is 1. The molecule has 0 spiro atoms. The van der Waals surface area contributed by atoms with Gasteiger partial charge in [0.25, 0.3) is 0 Å². The third-order valence-corrected chi connectivity index (χ3v) is 3.46. The lowest BCUT2D eigenvalue weighted by Gasteiger charge is -2.20. The van der Waals surface area contributed by atoms with Gasteiger partial charge in [-0.05, 0) is 30.0 Å². The van der Waals surface area contributed by atoms with Gasteiger partial charge in [0, 0.05) is 22.5 Å². The number of nitrogens with two attached hydrogens (primary N) is 1. The summed E-state index contributed by atoms with van der Waals surface area (Å²) in [5, 5.41) is 8.74. The molecule has 3 N–H and O–H groups in total. The van der Waals surface area contributed by atoms with Crippen LogP contribution in [0.2, 0.25) is 0 Å². The SMILES string of the molecule is COc1c(C(C)C)cc(Br)cc1C(N)CCC(=O)O. The minimum absolute atomic E-state index is 0.0495. The van der Waals surface area contributed by atoms with Gasteiger partial charge >= 0.3 is 5.97 Å². The van der Waals surface area contributed by atoms with Crippen LogP contribution in [0.25, 0.3) is 0 Å². The molecule has 0 radical (unpaired) electrons. The van der Waals surface area contributed by atoms with Gasteiger partial charge in [0.1, 0.15) is 5.75 Å². The number of rotatable bonds is 6.